The molecule has 6 heteroatoms. The van der Waals surface area contributed by atoms with Gasteiger partial charge in [-0.3, -0.25) is 14.6 Å². The van der Waals surface area contributed by atoms with Crippen LogP contribution >= 0.6 is 0 Å². The molecule has 0 radical (unpaired) electrons. The van der Waals surface area contributed by atoms with Crippen molar-refractivity contribution < 1.29 is 14.6 Å². The number of aliphatic carboxylic acids is 1. The van der Waals surface area contributed by atoms with Gasteiger partial charge in [0.2, 0.25) is 0 Å². The van der Waals surface area contributed by atoms with Crippen molar-refractivity contribution in [3.63, 3.8) is 0 Å². The van der Waals surface area contributed by atoms with E-state index in [1.807, 2.05) is 19.0 Å². The number of carbonyl (C=O) groups is 1. The molecule has 0 aliphatic carbocycles. The van der Waals surface area contributed by atoms with E-state index in [-0.39, 0.29) is 12.6 Å². The Morgan fingerprint density at radius 3 is 2.65 bits per heavy atom. The fraction of sp³-hybridized carbons (Fsp3) is 0.929. The van der Waals surface area contributed by atoms with Crippen molar-refractivity contribution >= 4 is 5.97 Å². The molecule has 0 spiro atoms. The number of hydrogen-bond donors (Lipinski definition) is 1. The number of likely N-dealkylation sites (N-methyl/N-ethyl adjacent to an activating group) is 1. The molecule has 1 fully saturated rings. The minimum atomic E-state index is -0.778. The summed E-state index contributed by atoms with van der Waals surface area (Å²) in [6.45, 7) is 9.32. The zero-order valence-corrected chi connectivity index (χ0v) is 13.2. The Balaban J connectivity index is 2.47. The Morgan fingerprint density at radius 1 is 1.40 bits per heavy atom. The van der Waals surface area contributed by atoms with Gasteiger partial charge in [-0.15, -0.1) is 0 Å². The lowest BCUT2D eigenvalue weighted by Gasteiger charge is -2.37. The number of carboxylic acids is 1. The van der Waals surface area contributed by atoms with Crippen LogP contribution in [0.2, 0.25) is 0 Å². The van der Waals surface area contributed by atoms with E-state index in [2.05, 4.69) is 23.6 Å². The van der Waals surface area contributed by atoms with Gasteiger partial charge in [-0.1, -0.05) is 0 Å². The Labute approximate surface area is 122 Å². The second kappa shape index (κ2) is 8.56. The minimum absolute atomic E-state index is 0.0787. The Bertz CT molecular complexity index is 297. The summed E-state index contributed by atoms with van der Waals surface area (Å²) in [6.07, 6.45) is 0.104. The third-order valence-corrected chi connectivity index (χ3v) is 3.58. The predicted molar refractivity (Wildman–Crippen MR) is 79.1 cm³/mol. The molecule has 0 aromatic rings. The van der Waals surface area contributed by atoms with Gasteiger partial charge in [0.15, 0.2) is 0 Å². The van der Waals surface area contributed by atoms with E-state index >= 15 is 0 Å². The van der Waals surface area contributed by atoms with Crippen LogP contribution in [-0.2, 0) is 9.53 Å². The standard InChI is InChI=1S/C14H29N3O3/c1-12(2)17-7-8-20-13(10-17)9-16(11-14(18)19)6-5-15(3)4/h12-13H,5-11H2,1-4H3,(H,18,19). The molecule has 0 aromatic heterocycles. The summed E-state index contributed by atoms with van der Waals surface area (Å²) in [6, 6.07) is 0.510. The summed E-state index contributed by atoms with van der Waals surface area (Å²) < 4.78 is 5.79. The second-order valence-corrected chi connectivity index (χ2v) is 6.01. The van der Waals surface area contributed by atoms with Gasteiger partial charge in [0, 0.05) is 38.8 Å². The maximum atomic E-state index is 11.0. The molecule has 1 atom stereocenters. The van der Waals surface area contributed by atoms with E-state index in [0.717, 1.165) is 32.8 Å². The molecule has 1 aliphatic heterocycles. The van der Waals surface area contributed by atoms with Crippen LogP contribution in [0.3, 0.4) is 0 Å². The summed E-state index contributed by atoms with van der Waals surface area (Å²) in [5, 5.41) is 9.01. The van der Waals surface area contributed by atoms with Crippen molar-refractivity contribution in [2.75, 3.05) is 60.0 Å². The van der Waals surface area contributed by atoms with Gasteiger partial charge in [0.25, 0.3) is 0 Å². The Kier molecular flexibility index (Phi) is 7.43. The first-order chi connectivity index (χ1) is 9.38. The fourth-order valence-electron chi connectivity index (χ4n) is 2.38. The van der Waals surface area contributed by atoms with Crippen LogP contribution < -0.4 is 0 Å². The molecule has 118 valence electrons. The van der Waals surface area contributed by atoms with Crippen molar-refractivity contribution in [1.29, 1.82) is 0 Å². The summed E-state index contributed by atoms with van der Waals surface area (Å²) in [5.74, 6) is -0.778. The second-order valence-electron chi connectivity index (χ2n) is 6.01. The highest BCUT2D eigenvalue weighted by Crippen LogP contribution is 2.10. The summed E-state index contributed by atoms with van der Waals surface area (Å²) in [4.78, 5) is 17.4. The molecule has 1 aliphatic rings. The van der Waals surface area contributed by atoms with Gasteiger partial charge in [-0.2, -0.15) is 0 Å². The molecule has 0 amide bonds. The van der Waals surface area contributed by atoms with E-state index in [9.17, 15) is 4.79 Å². The van der Waals surface area contributed by atoms with Crippen molar-refractivity contribution in [2.45, 2.75) is 26.0 Å². The lowest BCUT2D eigenvalue weighted by molar-refractivity contribution is -0.139. The Morgan fingerprint density at radius 2 is 2.10 bits per heavy atom. The van der Waals surface area contributed by atoms with Gasteiger partial charge in [-0.25, -0.2) is 0 Å². The SMILES string of the molecule is CC(C)N1CCOC(CN(CCN(C)C)CC(=O)O)C1. The van der Waals surface area contributed by atoms with Crippen LogP contribution in [0.1, 0.15) is 13.8 Å². The summed E-state index contributed by atoms with van der Waals surface area (Å²) >= 11 is 0. The molecule has 6 nitrogen and oxygen atoms in total. The zero-order chi connectivity index (χ0) is 15.1. The normalized spacial score (nSPS) is 21.1. The number of nitrogens with zero attached hydrogens (tertiary/aromatic N) is 3. The van der Waals surface area contributed by atoms with Crippen LogP contribution in [-0.4, -0.2) is 97.9 Å². The highest BCUT2D eigenvalue weighted by Gasteiger charge is 2.24. The summed E-state index contributed by atoms with van der Waals surface area (Å²) in [7, 11) is 3.99. The average Bonchev–Trinajstić information content (AvgIpc) is 2.35. The lowest BCUT2D eigenvalue weighted by Crippen LogP contribution is -2.51. The zero-order valence-electron chi connectivity index (χ0n) is 13.2. The molecule has 1 N–H and O–H groups in total. The summed E-state index contributed by atoms with van der Waals surface area (Å²) in [5.41, 5.74) is 0. The van der Waals surface area contributed by atoms with Crippen LogP contribution in [0, 0.1) is 0 Å². The van der Waals surface area contributed by atoms with E-state index in [1.54, 1.807) is 0 Å². The van der Waals surface area contributed by atoms with Gasteiger partial charge < -0.3 is 14.7 Å². The average molecular weight is 287 g/mol. The third-order valence-electron chi connectivity index (χ3n) is 3.58. The van der Waals surface area contributed by atoms with Gasteiger partial charge >= 0.3 is 5.97 Å². The molecule has 0 bridgehead atoms. The monoisotopic (exact) mass is 287 g/mol. The largest absolute Gasteiger partial charge is 0.480 e. The minimum Gasteiger partial charge on any atom is -0.480 e. The molecule has 0 aromatic carbocycles. The van der Waals surface area contributed by atoms with Crippen molar-refractivity contribution in [1.82, 2.24) is 14.7 Å². The lowest BCUT2D eigenvalue weighted by atomic mass is 10.2. The highest BCUT2D eigenvalue weighted by molar-refractivity contribution is 5.69. The molecule has 1 rings (SSSR count). The molecule has 0 saturated carbocycles. The molecular formula is C14H29N3O3. The molecule has 1 heterocycles. The van der Waals surface area contributed by atoms with Crippen LogP contribution in [0.15, 0.2) is 0 Å². The van der Waals surface area contributed by atoms with Crippen LogP contribution in [0.25, 0.3) is 0 Å². The number of ether oxygens (including phenoxy) is 1. The predicted octanol–water partition coefficient (Wildman–Crippen LogP) is 0.0438. The number of carboxylic acid groups (broad SMARTS) is 1. The number of hydrogen-bond acceptors (Lipinski definition) is 5. The first-order valence-corrected chi connectivity index (χ1v) is 7.33. The smallest absolute Gasteiger partial charge is 0.317 e. The third kappa shape index (κ3) is 6.65. The van der Waals surface area contributed by atoms with E-state index in [4.69, 9.17) is 9.84 Å². The number of rotatable bonds is 8. The van der Waals surface area contributed by atoms with Gasteiger partial charge in [0.1, 0.15) is 0 Å². The first kappa shape index (κ1) is 17.4. The number of morpholine rings is 1. The molecule has 20 heavy (non-hydrogen) atoms. The molecular weight excluding hydrogens is 258 g/mol. The fourth-order valence-corrected chi connectivity index (χ4v) is 2.38. The van der Waals surface area contributed by atoms with Crippen LogP contribution in [0.5, 0.6) is 0 Å². The van der Waals surface area contributed by atoms with E-state index in [0.29, 0.717) is 12.6 Å². The van der Waals surface area contributed by atoms with E-state index < -0.39 is 5.97 Å². The van der Waals surface area contributed by atoms with Crippen molar-refractivity contribution in [3.8, 4) is 0 Å². The first-order valence-electron chi connectivity index (χ1n) is 7.33. The van der Waals surface area contributed by atoms with Gasteiger partial charge in [-0.05, 0) is 27.9 Å². The Hall–Kier alpha value is -0.690. The quantitative estimate of drug-likeness (QED) is 0.680. The topological polar surface area (TPSA) is 56.2 Å². The van der Waals surface area contributed by atoms with Crippen molar-refractivity contribution in [3.05, 3.63) is 0 Å². The maximum Gasteiger partial charge on any atom is 0.317 e. The van der Waals surface area contributed by atoms with Crippen LogP contribution in [0.4, 0.5) is 0 Å². The maximum absolute atomic E-state index is 11.0. The van der Waals surface area contributed by atoms with Crippen molar-refractivity contribution in [2.24, 2.45) is 0 Å². The van der Waals surface area contributed by atoms with E-state index in [1.165, 1.54) is 0 Å². The highest BCUT2D eigenvalue weighted by atomic mass is 16.5. The molecule has 1 saturated heterocycles. The molecule has 1 unspecified atom stereocenters. The van der Waals surface area contributed by atoms with Gasteiger partial charge in [0.05, 0.1) is 19.3 Å².